The van der Waals surface area contributed by atoms with Crippen LogP contribution < -0.4 is 0 Å². The monoisotopic (exact) mass is 298 g/mol. The lowest BCUT2D eigenvalue weighted by Crippen LogP contribution is -2.24. The molecule has 2 aliphatic rings. The molecule has 0 nitrogen and oxygen atoms in total. The zero-order valence-electron chi connectivity index (χ0n) is 14.7. The van der Waals surface area contributed by atoms with E-state index in [1.165, 1.54) is 69.8 Å². The van der Waals surface area contributed by atoms with E-state index in [-0.39, 0.29) is 0 Å². The van der Waals surface area contributed by atoms with Gasteiger partial charge in [0.05, 0.1) is 0 Å². The topological polar surface area (TPSA) is 0 Å². The molecule has 0 atom stereocenters. The SMILES string of the molecule is CCCc1ccc(C2CCC(C3CCC(C)CC3)CC2)cc1. The molecule has 1 aromatic carbocycles. The van der Waals surface area contributed by atoms with E-state index < -0.39 is 0 Å². The Morgan fingerprint density at radius 2 is 1.32 bits per heavy atom. The summed E-state index contributed by atoms with van der Waals surface area (Å²) < 4.78 is 0. The maximum absolute atomic E-state index is 2.44. The first-order valence-corrected chi connectivity index (χ1v) is 9.85. The van der Waals surface area contributed by atoms with Crippen LogP contribution in [0, 0.1) is 17.8 Å². The summed E-state index contributed by atoms with van der Waals surface area (Å²) in [5.41, 5.74) is 3.12. The van der Waals surface area contributed by atoms with Crippen LogP contribution in [-0.2, 0) is 6.42 Å². The lowest BCUT2D eigenvalue weighted by molar-refractivity contribution is 0.165. The fourth-order valence-electron chi connectivity index (χ4n) is 4.93. The molecule has 0 heterocycles. The van der Waals surface area contributed by atoms with E-state index in [0.717, 1.165) is 23.7 Å². The summed E-state index contributed by atoms with van der Waals surface area (Å²) in [4.78, 5) is 0. The van der Waals surface area contributed by atoms with Crippen LogP contribution in [0.15, 0.2) is 24.3 Å². The lowest BCUT2D eigenvalue weighted by atomic mass is 9.68. The van der Waals surface area contributed by atoms with Gasteiger partial charge in [-0.25, -0.2) is 0 Å². The average molecular weight is 299 g/mol. The predicted octanol–water partition coefficient (Wildman–Crippen LogP) is 6.74. The molecule has 3 rings (SSSR count). The van der Waals surface area contributed by atoms with Gasteiger partial charge in [-0.1, -0.05) is 57.4 Å². The fraction of sp³-hybridized carbons (Fsp3) is 0.727. The molecule has 0 bridgehead atoms. The molecule has 0 N–H and O–H groups in total. The molecule has 2 aliphatic carbocycles. The molecule has 0 unspecified atom stereocenters. The Morgan fingerprint density at radius 3 is 1.86 bits per heavy atom. The van der Waals surface area contributed by atoms with Gasteiger partial charge in [-0.05, 0) is 79.7 Å². The molecule has 0 heteroatoms. The first-order chi connectivity index (χ1) is 10.8. The number of rotatable bonds is 4. The molecule has 0 saturated heterocycles. The number of aryl methyl sites for hydroxylation is 1. The molecule has 2 fully saturated rings. The molecule has 0 aliphatic heterocycles. The van der Waals surface area contributed by atoms with Crippen LogP contribution in [0.1, 0.15) is 88.7 Å². The van der Waals surface area contributed by atoms with E-state index >= 15 is 0 Å². The fourth-order valence-corrected chi connectivity index (χ4v) is 4.93. The molecule has 122 valence electrons. The van der Waals surface area contributed by atoms with Crippen molar-refractivity contribution in [2.75, 3.05) is 0 Å². The molecular weight excluding hydrogens is 264 g/mol. The average Bonchev–Trinajstić information content (AvgIpc) is 2.57. The van der Waals surface area contributed by atoms with E-state index in [0.29, 0.717) is 0 Å². The van der Waals surface area contributed by atoms with Crippen LogP contribution in [0.4, 0.5) is 0 Å². The molecule has 0 amide bonds. The molecule has 0 aromatic heterocycles. The second-order valence-electron chi connectivity index (χ2n) is 8.12. The predicted molar refractivity (Wildman–Crippen MR) is 96.3 cm³/mol. The highest BCUT2D eigenvalue weighted by molar-refractivity contribution is 5.25. The lowest BCUT2D eigenvalue weighted by Gasteiger charge is -2.37. The van der Waals surface area contributed by atoms with Crippen molar-refractivity contribution in [3.8, 4) is 0 Å². The van der Waals surface area contributed by atoms with Crippen molar-refractivity contribution in [2.45, 2.75) is 84.0 Å². The van der Waals surface area contributed by atoms with Gasteiger partial charge in [0.2, 0.25) is 0 Å². The van der Waals surface area contributed by atoms with Crippen molar-refractivity contribution in [2.24, 2.45) is 17.8 Å². The third-order valence-electron chi connectivity index (χ3n) is 6.49. The van der Waals surface area contributed by atoms with Crippen molar-refractivity contribution in [1.82, 2.24) is 0 Å². The summed E-state index contributed by atoms with van der Waals surface area (Å²) in [7, 11) is 0. The highest BCUT2D eigenvalue weighted by atomic mass is 14.4. The van der Waals surface area contributed by atoms with Crippen molar-refractivity contribution in [1.29, 1.82) is 0 Å². The first kappa shape index (κ1) is 16.1. The Balaban J connectivity index is 1.50. The molecule has 0 spiro atoms. The smallest absolute Gasteiger partial charge is 0.0162 e. The first-order valence-electron chi connectivity index (χ1n) is 9.85. The minimum atomic E-state index is 0.842. The highest BCUT2D eigenvalue weighted by Crippen LogP contribution is 2.43. The van der Waals surface area contributed by atoms with E-state index in [2.05, 4.69) is 38.1 Å². The maximum Gasteiger partial charge on any atom is -0.0162 e. The third-order valence-corrected chi connectivity index (χ3v) is 6.49. The van der Waals surface area contributed by atoms with Gasteiger partial charge in [-0.2, -0.15) is 0 Å². The number of hydrogen-bond acceptors (Lipinski definition) is 0. The molecule has 1 aromatic rings. The molecule has 22 heavy (non-hydrogen) atoms. The van der Waals surface area contributed by atoms with E-state index in [4.69, 9.17) is 0 Å². The zero-order valence-corrected chi connectivity index (χ0v) is 14.7. The van der Waals surface area contributed by atoms with Crippen LogP contribution in [0.3, 0.4) is 0 Å². The van der Waals surface area contributed by atoms with E-state index in [9.17, 15) is 0 Å². The summed E-state index contributed by atoms with van der Waals surface area (Å²) in [6, 6.07) is 9.57. The van der Waals surface area contributed by atoms with Crippen molar-refractivity contribution >= 4 is 0 Å². The Kier molecular flexibility index (Phi) is 5.61. The Morgan fingerprint density at radius 1 is 0.773 bits per heavy atom. The second-order valence-corrected chi connectivity index (χ2v) is 8.12. The van der Waals surface area contributed by atoms with Gasteiger partial charge < -0.3 is 0 Å². The van der Waals surface area contributed by atoms with Gasteiger partial charge >= 0.3 is 0 Å². The van der Waals surface area contributed by atoms with Crippen LogP contribution in [0.25, 0.3) is 0 Å². The quantitative estimate of drug-likeness (QED) is 0.577. The minimum absolute atomic E-state index is 0.842. The van der Waals surface area contributed by atoms with Gasteiger partial charge in [-0.15, -0.1) is 0 Å². The third kappa shape index (κ3) is 3.94. The summed E-state index contributed by atoms with van der Waals surface area (Å²) >= 11 is 0. The van der Waals surface area contributed by atoms with Crippen molar-refractivity contribution in [3.63, 3.8) is 0 Å². The Bertz CT molecular complexity index is 428. The van der Waals surface area contributed by atoms with Gasteiger partial charge in [0, 0.05) is 0 Å². The molecular formula is C22H34. The van der Waals surface area contributed by atoms with E-state index in [1.807, 2.05) is 0 Å². The highest BCUT2D eigenvalue weighted by Gasteiger charge is 2.30. The number of hydrogen-bond donors (Lipinski definition) is 0. The molecule has 2 saturated carbocycles. The van der Waals surface area contributed by atoms with Gasteiger partial charge in [0.15, 0.2) is 0 Å². The summed E-state index contributed by atoms with van der Waals surface area (Å²) in [5.74, 6) is 3.94. The Hall–Kier alpha value is -0.780. The molecule has 0 radical (unpaired) electrons. The minimum Gasteiger partial charge on any atom is -0.0651 e. The maximum atomic E-state index is 2.44. The second kappa shape index (κ2) is 7.66. The number of benzene rings is 1. The van der Waals surface area contributed by atoms with Crippen molar-refractivity contribution in [3.05, 3.63) is 35.4 Å². The van der Waals surface area contributed by atoms with E-state index in [1.54, 1.807) is 5.56 Å². The van der Waals surface area contributed by atoms with Crippen LogP contribution in [-0.4, -0.2) is 0 Å². The van der Waals surface area contributed by atoms with Crippen LogP contribution >= 0.6 is 0 Å². The standard InChI is InChI=1S/C22H34/c1-3-4-18-7-11-20(12-8-18)22-15-13-21(14-16-22)19-9-5-17(2)6-10-19/h7-8,11-12,17,19,21-22H,3-6,9-10,13-16H2,1-2H3. The largest absolute Gasteiger partial charge is 0.0651 e. The van der Waals surface area contributed by atoms with Crippen LogP contribution in [0.2, 0.25) is 0 Å². The summed E-state index contributed by atoms with van der Waals surface area (Å²) in [5, 5.41) is 0. The summed E-state index contributed by atoms with van der Waals surface area (Å²) in [6.07, 6.45) is 14.3. The normalized spacial score (nSPS) is 32.8. The zero-order chi connectivity index (χ0) is 15.4. The Labute approximate surface area is 137 Å². The van der Waals surface area contributed by atoms with Crippen LogP contribution in [0.5, 0.6) is 0 Å². The van der Waals surface area contributed by atoms with Gasteiger partial charge in [-0.3, -0.25) is 0 Å². The summed E-state index contributed by atoms with van der Waals surface area (Å²) in [6.45, 7) is 4.70. The van der Waals surface area contributed by atoms with Crippen molar-refractivity contribution < 1.29 is 0 Å². The van der Waals surface area contributed by atoms with Gasteiger partial charge in [0.25, 0.3) is 0 Å². The van der Waals surface area contributed by atoms with Gasteiger partial charge in [0.1, 0.15) is 0 Å².